The van der Waals surface area contributed by atoms with Gasteiger partial charge in [-0.25, -0.2) is 0 Å². The molecule has 1 aliphatic rings. The third kappa shape index (κ3) is 8.47. The lowest BCUT2D eigenvalue weighted by Crippen LogP contribution is -2.55. The number of amides is 1. The second kappa shape index (κ2) is 12.3. The van der Waals surface area contributed by atoms with Crippen LogP contribution in [0.15, 0.2) is 30.3 Å². The third-order valence-corrected chi connectivity index (χ3v) is 6.30. The molecule has 1 N–H and O–H groups in total. The molecule has 1 heterocycles. The number of hydrogen-bond donors (Lipinski definition) is 1. The highest BCUT2D eigenvalue weighted by Crippen LogP contribution is 2.20. The lowest BCUT2D eigenvalue weighted by atomic mass is 10.0. The molecule has 2 rings (SSSR count). The molecule has 0 aliphatic carbocycles. The summed E-state index contributed by atoms with van der Waals surface area (Å²) in [6.07, 6.45) is 1.20. The molecule has 1 fully saturated rings. The highest BCUT2D eigenvalue weighted by Gasteiger charge is 2.36. The minimum Gasteiger partial charge on any atom is -0.465 e. The van der Waals surface area contributed by atoms with Crippen LogP contribution in [-0.2, 0) is 30.3 Å². The fraction of sp³-hybridized carbons (Fsp3) is 0.625. The van der Waals surface area contributed by atoms with Crippen LogP contribution in [0.3, 0.4) is 0 Å². The molecule has 0 aromatic heterocycles. The molecule has 3 atom stereocenters. The van der Waals surface area contributed by atoms with Crippen LogP contribution >= 0.6 is 11.8 Å². The monoisotopic (exact) mass is 464 g/mol. The van der Waals surface area contributed by atoms with Crippen molar-refractivity contribution in [3.05, 3.63) is 35.9 Å². The Bertz CT molecular complexity index is 765. The number of hydrogen-bond acceptors (Lipinski definition) is 7. The predicted molar refractivity (Wildman–Crippen MR) is 126 cm³/mol. The second-order valence-corrected chi connectivity index (χ2v) is 10.1. The molecule has 1 saturated heterocycles. The first-order valence-electron chi connectivity index (χ1n) is 11.2. The highest BCUT2D eigenvalue weighted by molar-refractivity contribution is 7.99. The summed E-state index contributed by atoms with van der Waals surface area (Å²) in [6, 6.07) is 8.59. The van der Waals surface area contributed by atoms with Crippen LogP contribution in [0.5, 0.6) is 0 Å². The zero-order valence-corrected chi connectivity index (χ0v) is 20.6. The van der Waals surface area contributed by atoms with Gasteiger partial charge in [0.2, 0.25) is 5.91 Å². The molecule has 0 bridgehead atoms. The summed E-state index contributed by atoms with van der Waals surface area (Å²) in [5.74, 6) is 0.240. The molecular weight excluding hydrogens is 428 g/mol. The van der Waals surface area contributed by atoms with E-state index in [-0.39, 0.29) is 31.1 Å². The number of ether oxygens (including phenoxy) is 2. The maximum atomic E-state index is 13.3. The predicted octanol–water partition coefficient (Wildman–Crippen LogP) is 2.81. The number of rotatable bonds is 9. The van der Waals surface area contributed by atoms with Gasteiger partial charge >= 0.3 is 11.9 Å². The molecule has 1 unspecified atom stereocenters. The zero-order valence-electron chi connectivity index (χ0n) is 19.8. The van der Waals surface area contributed by atoms with E-state index in [4.69, 9.17) is 9.47 Å². The summed E-state index contributed by atoms with van der Waals surface area (Å²) in [6.45, 7) is 9.26. The van der Waals surface area contributed by atoms with Crippen LogP contribution in [0.25, 0.3) is 0 Å². The maximum absolute atomic E-state index is 13.3. The normalized spacial score (nSPS) is 20.4. The Morgan fingerprint density at radius 3 is 2.53 bits per heavy atom. The molecule has 1 amide bonds. The first-order chi connectivity index (χ1) is 15.1. The van der Waals surface area contributed by atoms with E-state index in [0.29, 0.717) is 24.3 Å². The molecule has 8 heteroatoms. The van der Waals surface area contributed by atoms with Gasteiger partial charge in [0.15, 0.2) is 0 Å². The van der Waals surface area contributed by atoms with E-state index in [2.05, 4.69) is 5.32 Å². The number of carbonyl (C=O) groups is 3. The van der Waals surface area contributed by atoms with Crippen LogP contribution in [0, 0.1) is 0 Å². The van der Waals surface area contributed by atoms with E-state index in [1.165, 1.54) is 0 Å². The number of esters is 2. The van der Waals surface area contributed by atoms with E-state index < -0.39 is 23.7 Å². The molecule has 1 aromatic rings. The summed E-state index contributed by atoms with van der Waals surface area (Å²) in [5, 5.41) is 3.23. The molecule has 0 radical (unpaired) electrons. The van der Waals surface area contributed by atoms with Crippen molar-refractivity contribution in [2.45, 2.75) is 71.2 Å². The average molecular weight is 465 g/mol. The van der Waals surface area contributed by atoms with Crippen molar-refractivity contribution in [3.8, 4) is 0 Å². The van der Waals surface area contributed by atoms with Crippen molar-refractivity contribution in [1.29, 1.82) is 0 Å². The number of nitrogens with one attached hydrogen (secondary N) is 1. The van der Waals surface area contributed by atoms with Gasteiger partial charge in [0.05, 0.1) is 12.6 Å². The van der Waals surface area contributed by atoms with Crippen LogP contribution in [-0.4, -0.2) is 71.1 Å². The number of nitrogens with zero attached hydrogens (tertiary/aromatic N) is 1. The summed E-state index contributed by atoms with van der Waals surface area (Å²) in [7, 11) is 0. The standard InChI is InChI=1S/C24H36N2O5S/c1-6-30-23(29)19(13-12-18-10-8-7-9-11-18)25-20-16-32-15-17(2)26(22(20)28)14-21(27)31-24(3,4)5/h7-11,17,19-20,25H,6,12-16H2,1-5H3/t17-,19?,20+/m1/s1. The van der Waals surface area contributed by atoms with Crippen LogP contribution in [0.1, 0.15) is 46.6 Å². The summed E-state index contributed by atoms with van der Waals surface area (Å²) in [4.78, 5) is 39.9. The topological polar surface area (TPSA) is 84.9 Å². The van der Waals surface area contributed by atoms with Gasteiger partial charge in [0.1, 0.15) is 18.2 Å². The van der Waals surface area contributed by atoms with Gasteiger partial charge in [-0.2, -0.15) is 11.8 Å². The van der Waals surface area contributed by atoms with Crippen molar-refractivity contribution < 1.29 is 23.9 Å². The number of thioether (sulfide) groups is 1. The lowest BCUT2D eigenvalue weighted by Gasteiger charge is -2.31. The van der Waals surface area contributed by atoms with Crippen molar-refractivity contribution >= 4 is 29.6 Å². The molecule has 0 spiro atoms. The lowest BCUT2D eigenvalue weighted by molar-refractivity contribution is -0.160. The van der Waals surface area contributed by atoms with Gasteiger partial charge in [-0.3, -0.25) is 19.7 Å². The largest absolute Gasteiger partial charge is 0.465 e. The molecule has 7 nitrogen and oxygen atoms in total. The van der Waals surface area contributed by atoms with Gasteiger partial charge in [-0.05, 0) is 53.0 Å². The fourth-order valence-corrected chi connectivity index (χ4v) is 4.64. The van der Waals surface area contributed by atoms with Crippen molar-refractivity contribution in [3.63, 3.8) is 0 Å². The number of benzene rings is 1. The van der Waals surface area contributed by atoms with E-state index in [1.807, 2.05) is 37.3 Å². The Kier molecular flexibility index (Phi) is 10.0. The Hall–Kier alpha value is -2.06. The second-order valence-electron chi connectivity index (χ2n) is 8.99. The summed E-state index contributed by atoms with van der Waals surface area (Å²) in [5.41, 5.74) is 0.499. The summed E-state index contributed by atoms with van der Waals surface area (Å²) < 4.78 is 10.7. The fourth-order valence-electron chi connectivity index (χ4n) is 3.51. The highest BCUT2D eigenvalue weighted by atomic mass is 32.2. The van der Waals surface area contributed by atoms with Crippen LogP contribution in [0.2, 0.25) is 0 Å². The SMILES string of the molecule is CCOC(=O)C(CCc1ccccc1)N[C@H]1CSC[C@@H](C)N(CC(=O)OC(C)(C)C)C1=O. The Labute approximate surface area is 195 Å². The van der Waals surface area contributed by atoms with Crippen LogP contribution in [0.4, 0.5) is 0 Å². The quantitative estimate of drug-likeness (QED) is 0.563. The van der Waals surface area contributed by atoms with E-state index >= 15 is 0 Å². The molecule has 32 heavy (non-hydrogen) atoms. The average Bonchev–Trinajstić information content (AvgIpc) is 2.84. The van der Waals surface area contributed by atoms with Gasteiger partial charge in [0.25, 0.3) is 0 Å². The Morgan fingerprint density at radius 2 is 1.91 bits per heavy atom. The molecule has 1 aliphatic heterocycles. The smallest absolute Gasteiger partial charge is 0.326 e. The number of aryl methyl sites for hydroxylation is 1. The Morgan fingerprint density at radius 1 is 1.22 bits per heavy atom. The van der Waals surface area contributed by atoms with Gasteiger partial charge in [-0.15, -0.1) is 0 Å². The van der Waals surface area contributed by atoms with Gasteiger partial charge < -0.3 is 14.4 Å². The molecule has 178 valence electrons. The molecule has 1 aromatic carbocycles. The third-order valence-electron chi connectivity index (χ3n) is 5.01. The van der Waals surface area contributed by atoms with Crippen molar-refractivity contribution in [1.82, 2.24) is 10.2 Å². The van der Waals surface area contributed by atoms with E-state index in [1.54, 1.807) is 44.4 Å². The van der Waals surface area contributed by atoms with E-state index in [0.717, 1.165) is 5.56 Å². The minimum absolute atomic E-state index is 0.107. The number of carbonyl (C=O) groups excluding carboxylic acids is 3. The van der Waals surface area contributed by atoms with E-state index in [9.17, 15) is 14.4 Å². The molecular formula is C24H36N2O5S. The van der Waals surface area contributed by atoms with Gasteiger partial charge in [-0.1, -0.05) is 30.3 Å². The zero-order chi connectivity index (χ0) is 23.7. The first-order valence-corrected chi connectivity index (χ1v) is 12.3. The van der Waals surface area contributed by atoms with Crippen LogP contribution < -0.4 is 5.32 Å². The summed E-state index contributed by atoms with van der Waals surface area (Å²) >= 11 is 1.63. The van der Waals surface area contributed by atoms with Crippen molar-refractivity contribution in [2.75, 3.05) is 24.7 Å². The van der Waals surface area contributed by atoms with Crippen molar-refractivity contribution in [2.24, 2.45) is 0 Å². The Balaban J connectivity index is 2.11. The maximum Gasteiger partial charge on any atom is 0.326 e. The first kappa shape index (κ1) is 26.2. The minimum atomic E-state index is -0.617. The van der Waals surface area contributed by atoms with Gasteiger partial charge in [0, 0.05) is 17.5 Å². The molecule has 0 saturated carbocycles.